The summed E-state index contributed by atoms with van der Waals surface area (Å²) in [4.78, 5) is 0. The van der Waals surface area contributed by atoms with Crippen LogP contribution in [0, 0.1) is 5.92 Å². The monoisotopic (exact) mass is 210 g/mol. The quantitative estimate of drug-likeness (QED) is 0.635. The molecule has 0 aromatic rings. The van der Waals surface area contributed by atoms with Gasteiger partial charge in [0.25, 0.3) is 0 Å². The second-order valence-corrected chi connectivity index (χ2v) is 9.80. The van der Waals surface area contributed by atoms with E-state index in [1.54, 1.807) is 0 Å². The first-order chi connectivity index (χ1) is 6.38. The van der Waals surface area contributed by atoms with Gasteiger partial charge in [0, 0.05) is 6.42 Å². The average molecular weight is 210 g/mol. The van der Waals surface area contributed by atoms with Gasteiger partial charge in [-0.2, -0.15) is 0 Å². The maximum atomic E-state index is 6.07. The SMILES string of the molecule is CC(C)CC1=C(O[Si](C)(C)C)CC=C1. The zero-order valence-corrected chi connectivity index (χ0v) is 11.1. The molecule has 0 bridgehead atoms. The third-order valence-corrected chi connectivity index (χ3v) is 2.90. The summed E-state index contributed by atoms with van der Waals surface area (Å²) in [6.07, 6.45) is 6.60. The molecule has 1 aliphatic rings. The van der Waals surface area contributed by atoms with Gasteiger partial charge in [-0.1, -0.05) is 26.0 Å². The first-order valence-corrected chi connectivity index (χ1v) is 8.87. The number of allylic oxidation sites excluding steroid dienone is 3. The Morgan fingerprint density at radius 1 is 1.36 bits per heavy atom. The molecule has 0 heterocycles. The van der Waals surface area contributed by atoms with Crippen LogP contribution in [-0.4, -0.2) is 8.32 Å². The van der Waals surface area contributed by atoms with Crippen LogP contribution in [-0.2, 0) is 4.43 Å². The van der Waals surface area contributed by atoms with Crippen molar-refractivity contribution in [1.82, 2.24) is 0 Å². The minimum atomic E-state index is -1.41. The second-order valence-electron chi connectivity index (χ2n) is 5.37. The van der Waals surface area contributed by atoms with Crippen LogP contribution >= 0.6 is 0 Å². The number of rotatable bonds is 4. The van der Waals surface area contributed by atoms with Crippen LogP contribution < -0.4 is 0 Å². The zero-order valence-electron chi connectivity index (χ0n) is 10.1. The van der Waals surface area contributed by atoms with Crippen LogP contribution in [0.15, 0.2) is 23.5 Å². The zero-order chi connectivity index (χ0) is 10.8. The molecular formula is C12H22OSi. The Balaban J connectivity index is 2.66. The maximum absolute atomic E-state index is 6.07. The van der Waals surface area contributed by atoms with E-state index in [2.05, 4.69) is 45.6 Å². The van der Waals surface area contributed by atoms with Gasteiger partial charge in [-0.25, -0.2) is 0 Å². The standard InChI is InChI=1S/C12H22OSi/c1-10(2)9-11-7-6-8-12(11)13-14(3,4)5/h6-7,10H,8-9H2,1-5H3. The Hall–Kier alpha value is -0.503. The molecule has 0 atom stereocenters. The molecule has 0 radical (unpaired) electrons. The highest BCUT2D eigenvalue weighted by molar-refractivity contribution is 6.70. The lowest BCUT2D eigenvalue weighted by Crippen LogP contribution is -2.25. The van der Waals surface area contributed by atoms with E-state index in [1.807, 2.05) is 0 Å². The highest BCUT2D eigenvalue weighted by Crippen LogP contribution is 2.28. The fraction of sp³-hybridized carbons (Fsp3) is 0.667. The van der Waals surface area contributed by atoms with Crippen molar-refractivity contribution in [3.63, 3.8) is 0 Å². The van der Waals surface area contributed by atoms with Gasteiger partial charge in [-0.3, -0.25) is 0 Å². The highest BCUT2D eigenvalue weighted by Gasteiger charge is 2.21. The Kier molecular flexibility index (Phi) is 3.59. The average Bonchev–Trinajstić information content (AvgIpc) is 2.32. The molecule has 1 aliphatic carbocycles. The van der Waals surface area contributed by atoms with Gasteiger partial charge >= 0.3 is 0 Å². The Morgan fingerprint density at radius 2 is 2.00 bits per heavy atom. The van der Waals surface area contributed by atoms with E-state index in [1.165, 1.54) is 11.3 Å². The molecule has 1 nitrogen and oxygen atoms in total. The fourth-order valence-corrected chi connectivity index (χ4v) is 2.58. The lowest BCUT2D eigenvalue weighted by Gasteiger charge is -2.22. The Morgan fingerprint density at radius 3 is 2.50 bits per heavy atom. The van der Waals surface area contributed by atoms with E-state index in [0.29, 0.717) is 5.92 Å². The summed E-state index contributed by atoms with van der Waals surface area (Å²) in [5.74, 6) is 1.95. The van der Waals surface area contributed by atoms with Crippen LogP contribution in [0.2, 0.25) is 19.6 Å². The first-order valence-electron chi connectivity index (χ1n) is 5.46. The smallest absolute Gasteiger partial charge is 0.241 e. The van der Waals surface area contributed by atoms with E-state index in [4.69, 9.17) is 4.43 Å². The molecule has 14 heavy (non-hydrogen) atoms. The van der Waals surface area contributed by atoms with Crippen LogP contribution in [0.4, 0.5) is 0 Å². The van der Waals surface area contributed by atoms with Crippen molar-refractivity contribution >= 4 is 8.32 Å². The Labute approximate surface area is 89.0 Å². The lowest BCUT2D eigenvalue weighted by atomic mass is 10.0. The Bertz CT molecular complexity index is 256. The molecule has 0 amide bonds. The maximum Gasteiger partial charge on any atom is 0.241 e. The molecule has 0 spiro atoms. The largest absolute Gasteiger partial charge is 0.547 e. The minimum Gasteiger partial charge on any atom is -0.547 e. The van der Waals surface area contributed by atoms with Crippen molar-refractivity contribution in [3.05, 3.63) is 23.5 Å². The summed E-state index contributed by atoms with van der Waals surface area (Å²) in [5, 5.41) is 0. The summed E-state index contributed by atoms with van der Waals surface area (Å²) in [6.45, 7) is 11.2. The van der Waals surface area contributed by atoms with Gasteiger partial charge in [-0.15, -0.1) is 0 Å². The predicted octanol–water partition coefficient (Wildman–Crippen LogP) is 4.10. The molecule has 0 fully saturated rings. The topological polar surface area (TPSA) is 9.23 Å². The normalized spacial score (nSPS) is 17.0. The van der Waals surface area contributed by atoms with Gasteiger partial charge in [-0.05, 0) is 37.6 Å². The molecule has 1 rings (SSSR count). The molecule has 80 valence electrons. The molecular weight excluding hydrogens is 188 g/mol. The third-order valence-electron chi connectivity index (χ3n) is 2.04. The number of hydrogen-bond donors (Lipinski definition) is 0. The fourth-order valence-electron chi connectivity index (χ4n) is 1.63. The molecule has 0 aromatic carbocycles. The predicted molar refractivity (Wildman–Crippen MR) is 64.7 cm³/mol. The summed E-state index contributed by atoms with van der Waals surface area (Å²) in [7, 11) is -1.41. The van der Waals surface area contributed by atoms with Crippen LogP contribution in [0.25, 0.3) is 0 Å². The van der Waals surface area contributed by atoms with Crippen LogP contribution in [0.3, 0.4) is 0 Å². The third kappa shape index (κ3) is 3.70. The van der Waals surface area contributed by atoms with Crippen molar-refractivity contribution in [2.75, 3.05) is 0 Å². The summed E-state index contributed by atoms with van der Waals surface area (Å²) in [6, 6.07) is 0. The molecule has 0 N–H and O–H groups in total. The molecule has 0 aliphatic heterocycles. The van der Waals surface area contributed by atoms with Gasteiger partial charge < -0.3 is 4.43 Å². The van der Waals surface area contributed by atoms with Crippen molar-refractivity contribution in [2.24, 2.45) is 5.92 Å². The summed E-state index contributed by atoms with van der Waals surface area (Å²) in [5.41, 5.74) is 1.42. The van der Waals surface area contributed by atoms with E-state index < -0.39 is 8.32 Å². The molecule has 0 saturated carbocycles. The van der Waals surface area contributed by atoms with Crippen molar-refractivity contribution in [1.29, 1.82) is 0 Å². The molecule has 0 aromatic heterocycles. The van der Waals surface area contributed by atoms with Crippen LogP contribution in [0.5, 0.6) is 0 Å². The molecule has 0 unspecified atom stereocenters. The molecule has 0 saturated heterocycles. The summed E-state index contributed by atoms with van der Waals surface area (Å²) < 4.78 is 6.07. The second kappa shape index (κ2) is 4.35. The van der Waals surface area contributed by atoms with E-state index in [0.717, 1.165) is 12.8 Å². The van der Waals surface area contributed by atoms with E-state index in [-0.39, 0.29) is 0 Å². The summed E-state index contributed by atoms with van der Waals surface area (Å²) >= 11 is 0. The van der Waals surface area contributed by atoms with Gasteiger partial charge in [0.15, 0.2) is 0 Å². The van der Waals surface area contributed by atoms with Crippen molar-refractivity contribution < 1.29 is 4.43 Å². The van der Waals surface area contributed by atoms with Gasteiger partial charge in [0.1, 0.15) is 0 Å². The number of hydrogen-bond acceptors (Lipinski definition) is 1. The first kappa shape index (κ1) is 11.6. The van der Waals surface area contributed by atoms with E-state index in [9.17, 15) is 0 Å². The van der Waals surface area contributed by atoms with Crippen LogP contribution in [0.1, 0.15) is 26.7 Å². The lowest BCUT2D eigenvalue weighted by molar-refractivity contribution is 0.405. The van der Waals surface area contributed by atoms with Crippen molar-refractivity contribution in [3.8, 4) is 0 Å². The minimum absolute atomic E-state index is 0.716. The highest BCUT2D eigenvalue weighted by atomic mass is 28.4. The van der Waals surface area contributed by atoms with Gasteiger partial charge in [0.2, 0.25) is 8.32 Å². The van der Waals surface area contributed by atoms with Gasteiger partial charge in [0.05, 0.1) is 5.76 Å². The van der Waals surface area contributed by atoms with E-state index >= 15 is 0 Å². The van der Waals surface area contributed by atoms with Crippen molar-refractivity contribution in [2.45, 2.75) is 46.3 Å². The molecule has 2 heteroatoms.